The first-order valence-electron chi connectivity index (χ1n) is 9.74. The maximum Gasteiger partial charge on any atom is 0.332 e. The highest BCUT2D eigenvalue weighted by molar-refractivity contribution is 5.88. The lowest BCUT2D eigenvalue weighted by Gasteiger charge is -2.14. The summed E-state index contributed by atoms with van der Waals surface area (Å²) in [4.78, 5) is 22.7. The SMILES string of the molecule is O=C(O)C(O)CCCCC[C@H]1C(=O)CC=C1CCCCc1ccccc1. The molecule has 0 saturated carbocycles. The van der Waals surface area contributed by atoms with Gasteiger partial charge in [-0.05, 0) is 44.1 Å². The predicted octanol–water partition coefficient (Wildman–Crippen LogP) is 4.31. The molecule has 1 aliphatic carbocycles. The standard InChI is InChI=1S/C22H30O4/c23-20-16-15-18(12-8-7-11-17-9-3-1-4-10-17)19(20)13-5-2-6-14-21(24)22(25)26/h1,3-4,9-10,15,19,21,24H,2,5-8,11-14,16H2,(H,25,26)/t19-,21?/m1/s1. The van der Waals surface area contributed by atoms with Crippen molar-refractivity contribution >= 4 is 11.8 Å². The number of carbonyl (C=O) groups is 2. The van der Waals surface area contributed by atoms with Crippen LogP contribution in [0.15, 0.2) is 42.0 Å². The van der Waals surface area contributed by atoms with Crippen LogP contribution in [0.3, 0.4) is 0 Å². The van der Waals surface area contributed by atoms with E-state index in [4.69, 9.17) is 5.11 Å². The van der Waals surface area contributed by atoms with Gasteiger partial charge in [-0.25, -0.2) is 4.79 Å². The van der Waals surface area contributed by atoms with Crippen molar-refractivity contribution in [2.24, 2.45) is 5.92 Å². The normalized spacial score (nSPS) is 18.0. The number of carboxylic acid groups (broad SMARTS) is 1. The quantitative estimate of drug-likeness (QED) is 0.431. The number of aliphatic hydroxyl groups is 1. The molecular formula is C22H30O4. The fraction of sp³-hybridized carbons (Fsp3) is 0.545. The Morgan fingerprint density at radius 1 is 1.04 bits per heavy atom. The van der Waals surface area contributed by atoms with E-state index < -0.39 is 12.1 Å². The summed E-state index contributed by atoms with van der Waals surface area (Å²) in [6.45, 7) is 0. The van der Waals surface area contributed by atoms with E-state index in [1.807, 2.05) is 6.07 Å². The van der Waals surface area contributed by atoms with Gasteiger partial charge < -0.3 is 10.2 Å². The molecule has 0 heterocycles. The number of carbonyl (C=O) groups excluding carboxylic acids is 1. The first kappa shape index (κ1) is 20.4. The second kappa shape index (κ2) is 10.9. The Hall–Kier alpha value is -1.94. The zero-order chi connectivity index (χ0) is 18.8. The van der Waals surface area contributed by atoms with Gasteiger partial charge in [0.15, 0.2) is 6.10 Å². The number of allylic oxidation sites excluding steroid dienone is 2. The molecule has 0 radical (unpaired) electrons. The van der Waals surface area contributed by atoms with Crippen molar-refractivity contribution in [3.63, 3.8) is 0 Å². The molecule has 0 amide bonds. The Kier molecular flexibility index (Phi) is 8.56. The van der Waals surface area contributed by atoms with Crippen molar-refractivity contribution < 1.29 is 19.8 Å². The average molecular weight is 358 g/mol. The minimum Gasteiger partial charge on any atom is -0.479 e. The number of Topliss-reactive ketones (excluding diaryl/α,β-unsaturated/α-hetero) is 1. The van der Waals surface area contributed by atoms with Crippen LogP contribution in [0.5, 0.6) is 0 Å². The Bertz CT molecular complexity index is 606. The molecule has 142 valence electrons. The number of hydrogen-bond acceptors (Lipinski definition) is 3. The van der Waals surface area contributed by atoms with E-state index in [0.717, 1.165) is 44.9 Å². The first-order chi connectivity index (χ1) is 12.6. The molecule has 4 nitrogen and oxygen atoms in total. The molecule has 1 aromatic rings. The summed E-state index contributed by atoms with van der Waals surface area (Å²) in [5.74, 6) is -0.763. The molecule has 26 heavy (non-hydrogen) atoms. The van der Waals surface area contributed by atoms with Gasteiger partial charge in [0.25, 0.3) is 0 Å². The number of aryl methyl sites for hydroxylation is 1. The van der Waals surface area contributed by atoms with Gasteiger partial charge in [-0.1, -0.05) is 61.2 Å². The second-order valence-electron chi connectivity index (χ2n) is 7.19. The summed E-state index contributed by atoms with van der Waals surface area (Å²) in [6, 6.07) is 10.5. The van der Waals surface area contributed by atoms with E-state index in [2.05, 4.69) is 30.3 Å². The molecule has 0 bridgehead atoms. The molecule has 1 unspecified atom stereocenters. The summed E-state index contributed by atoms with van der Waals surface area (Å²) in [5, 5.41) is 17.9. The number of rotatable bonds is 12. The molecule has 0 aromatic heterocycles. The highest BCUT2D eigenvalue weighted by Crippen LogP contribution is 2.31. The monoisotopic (exact) mass is 358 g/mol. The van der Waals surface area contributed by atoms with Crippen LogP contribution >= 0.6 is 0 Å². The van der Waals surface area contributed by atoms with Crippen molar-refractivity contribution in [2.75, 3.05) is 0 Å². The number of aliphatic hydroxyl groups excluding tert-OH is 1. The number of hydrogen-bond donors (Lipinski definition) is 2. The Labute approximate surface area is 155 Å². The van der Waals surface area contributed by atoms with Crippen LogP contribution in [-0.4, -0.2) is 28.1 Å². The zero-order valence-corrected chi connectivity index (χ0v) is 15.4. The van der Waals surface area contributed by atoms with Gasteiger partial charge in [0, 0.05) is 12.3 Å². The van der Waals surface area contributed by atoms with Gasteiger partial charge in [0.1, 0.15) is 5.78 Å². The fourth-order valence-corrected chi connectivity index (χ4v) is 3.63. The molecule has 1 aromatic carbocycles. The Balaban J connectivity index is 1.63. The van der Waals surface area contributed by atoms with Crippen LogP contribution in [-0.2, 0) is 16.0 Å². The minimum absolute atomic E-state index is 0.0659. The lowest BCUT2D eigenvalue weighted by atomic mass is 9.90. The van der Waals surface area contributed by atoms with Crippen LogP contribution < -0.4 is 0 Å². The minimum atomic E-state index is -1.26. The molecule has 2 atom stereocenters. The summed E-state index contributed by atoms with van der Waals surface area (Å²) >= 11 is 0. The highest BCUT2D eigenvalue weighted by Gasteiger charge is 2.26. The third-order valence-corrected chi connectivity index (χ3v) is 5.18. The van der Waals surface area contributed by atoms with Crippen LogP contribution in [0.2, 0.25) is 0 Å². The number of aliphatic carboxylic acids is 1. The van der Waals surface area contributed by atoms with Gasteiger partial charge in [-0.15, -0.1) is 0 Å². The number of unbranched alkanes of at least 4 members (excludes halogenated alkanes) is 3. The first-order valence-corrected chi connectivity index (χ1v) is 9.74. The second-order valence-corrected chi connectivity index (χ2v) is 7.19. The lowest BCUT2D eigenvalue weighted by molar-refractivity contribution is -0.146. The number of carboxylic acids is 1. The summed E-state index contributed by atoms with van der Waals surface area (Å²) in [5.41, 5.74) is 2.66. The van der Waals surface area contributed by atoms with E-state index in [1.54, 1.807) is 0 Å². The van der Waals surface area contributed by atoms with Crippen molar-refractivity contribution in [3.05, 3.63) is 47.5 Å². The van der Waals surface area contributed by atoms with Crippen molar-refractivity contribution in [1.29, 1.82) is 0 Å². The summed E-state index contributed by atoms with van der Waals surface area (Å²) in [7, 11) is 0. The molecule has 1 aliphatic rings. The van der Waals surface area contributed by atoms with E-state index >= 15 is 0 Å². The molecule has 0 saturated heterocycles. The molecular weight excluding hydrogens is 328 g/mol. The topological polar surface area (TPSA) is 74.6 Å². The van der Waals surface area contributed by atoms with Crippen LogP contribution in [0.4, 0.5) is 0 Å². The van der Waals surface area contributed by atoms with E-state index in [-0.39, 0.29) is 12.3 Å². The van der Waals surface area contributed by atoms with Gasteiger partial charge in [0.2, 0.25) is 0 Å². The van der Waals surface area contributed by atoms with Crippen molar-refractivity contribution in [2.45, 2.75) is 70.3 Å². The van der Waals surface area contributed by atoms with Crippen LogP contribution in [0, 0.1) is 5.92 Å². The van der Waals surface area contributed by atoms with Gasteiger partial charge >= 0.3 is 5.97 Å². The predicted molar refractivity (Wildman–Crippen MR) is 102 cm³/mol. The largest absolute Gasteiger partial charge is 0.479 e. The molecule has 4 heteroatoms. The van der Waals surface area contributed by atoms with E-state index in [9.17, 15) is 14.7 Å². The smallest absolute Gasteiger partial charge is 0.332 e. The maximum absolute atomic E-state index is 12.1. The average Bonchev–Trinajstić information content (AvgIpc) is 2.99. The third kappa shape index (κ3) is 6.75. The molecule has 2 rings (SSSR count). The maximum atomic E-state index is 12.1. The Morgan fingerprint density at radius 2 is 1.77 bits per heavy atom. The Morgan fingerprint density at radius 3 is 2.50 bits per heavy atom. The van der Waals surface area contributed by atoms with Crippen LogP contribution in [0.1, 0.15) is 63.4 Å². The third-order valence-electron chi connectivity index (χ3n) is 5.18. The fourth-order valence-electron chi connectivity index (χ4n) is 3.63. The molecule has 2 N–H and O–H groups in total. The van der Waals surface area contributed by atoms with Gasteiger partial charge in [-0.2, -0.15) is 0 Å². The lowest BCUT2D eigenvalue weighted by Crippen LogP contribution is -2.19. The number of benzene rings is 1. The zero-order valence-electron chi connectivity index (χ0n) is 15.4. The van der Waals surface area contributed by atoms with Crippen molar-refractivity contribution in [1.82, 2.24) is 0 Å². The van der Waals surface area contributed by atoms with E-state index in [0.29, 0.717) is 18.6 Å². The van der Waals surface area contributed by atoms with Gasteiger partial charge in [0.05, 0.1) is 0 Å². The molecule has 0 fully saturated rings. The summed E-state index contributed by atoms with van der Waals surface area (Å²) < 4.78 is 0. The van der Waals surface area contributed by atoms with Gasteiger partial charge in [-0.3, -0.25) is 4.79 Å². The van der Waals surface area contributed by atoms with Crippen molar-refractivity contribution in [3.8, 4) is 0 Å². The highest BCUT2D eigenvalue weighted by atomic mass is 16.4. The van der Waals surface area contributed by atoms with Crippen LogP contribution in [0.25, 0.3) is 0 Å². The summed E-state index contributed by atoms with van der Waals surface area (Å²) in [6.07, 6.45) is 9.33. The van der Waals surface area contributed by atoms with E-state index in [1.165, 1.54) is 11.1 Å². The molecule has 0 spiro atoms. The number of ketones is 1. The molecule has 0 aliphatic heterocycles.